The lowest BCUT2D eigenvalue weighted by atomic mass is 10.0. The van der Waals surface area contributed by atoms with Crippen LogP contribution in [0.1, 0.15) is 36.8 Å². The van der Waals surface area contributed by atoms with Gasteiger partial charge in [-0.15, -0.1) is 0 Å². The number of nitro groups is 1. The van der Waals surface area contributed by atoms with Gasteiger partial charge in [0.05, 0.1) is 39.5 Å². The highest BCUT2D eigenvalue weighted by Crippen LogP contribution is 2.37. The van der Waals surface area contributed by atoms with E-state index in [4.69, 9.17) is 25.5 Å². The Balaban J connectivity index is 1.42. The number of nitrogens with zero attached hydrogens (tertiary/aromatic N) is 3. The highest BCUT2D eigenvalue weighted by atomic mass is 127. The van der Waals surface area contributed by atoms with E-state index < -0.39 is 16.9 Å². The summed E-state index contributed by atoms with van der Waals surface area (Å²) in [4.78, 5) is 43.3. The van der Waals surface area contributed by atoms with Crippen LogP contribution in [-0.4, -0.2) is 22.1 Å². The number of aromatic nitrogens is 1. The molecule has 0 radical (unpaired) electrons. The minimum Gasteiger partial charge on any atom is -0.487 e. The number of carbonyl (C=O) groups excluding carboxylic acids is 1. The quantitative estimate of drug-likeness (QED) is 0.0653. The number of furan rings is 1. The Morgan fingerprint density at radius 2 is 1.85 bits per heavy atom. The fraction of sp³-hybridized carbons (Fsp3) is 0.147. The topological polar surface area (TPSA) is 126 Å². The van der Waals surface area contributed by atoms with E-state index >= 15 is 0 Å². The first kappa shape index (κ1) is 34.1. The summed E-state index contributed by atoms with van der Waals surface area (Å²) in [5.41, 5.74) is 2.12. The molecule has 0 saturated carbocycles. The zero-order valence-electron chi connectivity index (χ0n) is 25.2. The summed E-state index contributed by atoms with van der Waals surface area (Å²) < 4.78 is 21.3. The van der Waals surface area contributed by atoms with Crippen LogP contribution >= 0.6 is 68.1 Å². The first-order valence-electron chi connectivity index (χ1n) is 14.4. The smallest absolute Gasteiger partial charge is 0.338 e. The predicted octanol–water partition coefficient (Wildman–Crippen LogP) is 7.41. The number of esters is 1. The second-order valence-corrected chi connectivity index (χ2v) is 14.3. The first-order chi connectivity index (χ1) is 23.0. The molecule has 0 unspecified atom stereocenters. The van der Waals surface area contributed by atoms with E-state index in [9.17, 15) is 19.7 Å². The lowest BCUT2D eigenvalue weighted by Gasteiger charge is -2.22. The van der Waals surface area contributed by atoms with E-state index in [1.807, 2.05) is 42.5 Å². The number of carbonyl (C=O) groups is 1. The second kappa shape index (κ2) is 14.4. The third kappa shape index (κ3) is 6.86. The molecule has 0 spiro atoms. The minimum absolute atomic E-state index is 0.113. The molecule has 1 aliphatic rings. The molecule has 0 saturated heterocycles. The molecule has 2 aromatic heterocycles. The van der Waals surface area contributed by atoms with Gasteiger partial charge in [0.1, 0.15) is 29.9 Å². The number of halogens is 3. The molecule has 48 heavy (non-hydrogen) atoms. The fourth-order valence-electron chi connectivity index (χ4n) is 5.20. The van der Waals surface area contributed by atoms with Crippen LogP contribution in [0.2, 0.25) is 5.02 Å². The van der Waals surface area contributed by atoms with Crippen LogP contribution in [0.5, 0.6) is 5.75 Å². The molecule has 6 rings (SSSR count). The van der Waals surface area contributed by atoms with E-state index in [-0.39, 0.29) is 40.0 Å². The molecule has 0 amide bonds. The van der Waals surface area contributed by atoms with E-state index in [0.717, 1.165) is 24.0 Å². The lowest BCUT2D eigenvalue weighted by Crippen LogP contribution is -2.39. The van der Waals surface area contributed by atoms with Crippen molar-refractivity contribution in [1.82, 2.24) is 4.57 Å². The number of allylic oxidation sites excluding steroid dienone is 1. The Hall–Kier alpha value is -3.80. The van der Waals surface area contributed by atoms with E-state index in [1.54, 1.807) is 32.1 Å². The van der Waals surface area contributed by atoms with Crippen LogP contribution in [0.25, 0.3) is 17.4 Å². The zero-order valence-corrected chi connectivity index (χ0v) is 31.1. The number of hydrogen-bond acceptors (Lipinski definition) is 9. The third-order valence-electron chi connectivity index (χ3n) is 7.38. The predicted molar refractivity (Wildman–Crippen MR) is 199 cm³/mol. The van der Waals surface area contributed by atoms with Crippen LogP contribution in [0, 0.1) is 17.3 Å². The van der Waals surface area contributed by atoms with Gasteiger partial charge >= 0.3 is 5.97 Å². The summed E-state index contributed by atoms with van der Waals surface area (Å²) in [6.45, 7) is 3.90. The Morgan fingerprint density at radius 1 is 1.12 bits per heavy atom. The van der Waals surface area contributed by atoms with E-state index in [0.29, 0.717) is 27.2 Å². The summed E-state index contributed by atoms with van der Waals surface area (Å²) in [6, 6.07) is 20.0. The minimum atomic E-state index is -1.01. The van der Waals surface area contributed by atoms with Gasteiger partial charge in [0, 0.05) is 17.7 Å². The van der Waals surface area contributed by atoms with Crippen LogP contribution in [0.15, 0.2) is 98.3 Å². The van der Waals surface area contributed by atoms with Crippen LogP contribution < -0.4 is 19.6 Å². The van der Waals surface area contributed by atoms with Crippen LogP contribution in [0.4, 0.5) is 5.69 Å². The number of ether oxygens (including phenoxy) is 2. The molecular weight excluding hydrogens is 884 g/mol. The molecule has 10 nitrogen and oxygen atoms in total. The van der Waals surface area contributed by atoms with Crippen molar-refractivity contribution in [2.24, 2.45) is 4.99 Å². The van der Waals surface area contributed by atoms with Crippen molar-refractivity contribution in [3.63, 3.8) is 0 Å². The van der Waals surface area contributed by atoms with Crippen molar-refractivity contribution in [3.8, 4) is 17.1 Å². The molecule has 0 aliphatic carbocycles. The number of non-ortho nitro benzene ring substituents is 1. The Bertz CT molecular complexity index is 2270. The SMILES string of the molecule is CCOC(=O)C1=C(C)N=c2s/c(=C\c3cc(I)c(OCc4ccccc4)c(I)c3)c(=O)n2[C@H]1c1ccc(-c2cc([N+](=O)[O-])ccc2Cl)o1. The van der Waals surface area contributed by atoms with Gasteiger partial charge in [-0.05, 0) is 107 Å². The monoisotopic (exact) mass is 907 g/mol. The molecule has 3 heterocycles. The maximum Gasteiger partial charge on any atom is 0.338 e. The Morgan fingerprint density at radius 3 is 2.54 bits per heavy atom. The van der Waals surface area contributed by atoms with Crippen molar-refractivity contribution >= 4 is 85.9 Å². The molecule has 14 heteroatoms. The number of nitro benzene ring substituents is 1. The van der Waals surface area contributed by atoms with Crippen molar-refractivity contribution < 1.29 is 23.6 Å². The number of hydrogen-bond donors (Lipinski definition) is 0. The summed E-state index contributed by atoms with van der Waals surface area (Å²) in [6.07, 6.45) is 1.78. The first-order valence-corrected chi connectivity index (χ1v) is 17.8. The van der Waals surface area contributed by atoms with Gasteiger partial charge in [-0.1, -0.05) is 53.3 Å². The van der Waals surface area contributed by atoms with Crippen molar-refractivity contribution in [1.29, 1.82) is 0 Å². The van der Waals surface area contributed by atoms with Gasteiger partial charge in [-0.2, -0.15) is 0 Å². The highest BCUT2D eigenvalue weighted by Gasteiger charge is 2.35. The summed E-state index contributed by atoms with van der Waals surface area (Å²) >= 11 is 12.0. The molecule has 0 fully saturated rings. The van der Waals surface area contributed by atoms with Gasteiger partial charge in [-0.3, -0.25) is 19.5 Å². The molecule has 1 atom stereocenters. The summed E-state index contributed by atoms with van der Waals surface area (Å²) in [5.74, 6) is 0.587. The van der Waals surface area contributed by atoms with Crippen LogP contribution in [0.3, 0.4) is 0 Å². The highest BCUT2D eigenvalue weighted by molar-refractivity contribution is 14.1. The second-order valence-electron chi connectivity index (χ2n) is 10.5. The average Bonchev–Trinajstić information content (AvgIpc) is 3.65. The van der Waals surface area contributed by atoms with Crippen molar-refractivity contribution in [2.75, 3.05) is 6.61 Å². The van der Waals surface area contributed by atoms with Gasteiger partial charge in [-0.25, -0.2) is 9.79 Å². The molecule has 1 aliphatic heterocycles. The van der Waals surface area contributed by atoms with Gasteiger partial charge < -0.3 is 13.9 Å². The lowest BCUT2D eigenvalue weighted by molar-refractivity contribution is -0.384. The van der Waals surface area contributed by atoms with Gasteiger partial charge in [0.2, 0.25) is 0 Å². The molecule has 0 bridgehead atoms. The summed E-state index contributed by atoms with van der Waals surface area (Å²) in [5, 5.41) is 11.7. The largest absolute Gasteiger partial charge is 0.487 e. The maximum atomic E-state index is 14.1. The number of thiazole rings is 1. The van der Waals surface area contributed by atoms with Gasteiger partial charge in [0.25, 0.3) is 11.2 Å². The average molecular weight is 908 g/mol. The number of fused-ring (bicyclic) bond motifs is 1. The Kier molecular flexibility index (Phi) is 10.2. The fourth-order valence-corrected chi connectivity index (χ4v) is 8.59. The Labute approximate surface area is 309 Å². The third-order valence-corrected chi connectivity index (χ3v) is 10.3. The van der Waals surface area contributed by atoms with Gasteiger partial charge in [0.15, 0.2) is 4.80 Å². The molecule has 5 aromatic rings. The van der Waals surface area contributed by atoms with Crippen molar-refractivity contribution in [2.45, 2.75) is 26.5 Å². The molecule has 0 N–H and O–H groups in total. The standard InChI is InChI=1S/C34H24ClI2N3O7S/c1-3-45-33(42)29-18(2)38-34-39(30(29)27-12-11-26(47-27)22-16-21(40(43)44)9-10-23(22)35)32(41)28(48-34)15-20-13-24(36)31(25(37)14-20)46-17-19-7-5-4-6-8-19/h4-16,30H,3,17H2,1-2H3/b28-15-/t30-/m0/s1. The molecule has 3 aromatic carbocycles. The number of rotatable bonds is 9. The van der Waals surface area contributed by atoms with E-state index in [1.165, 1.54) is 34.1 Å². The zero-order chi connectivity index (χ0) is 34.1. The van der Waals surface area contributed by atoms with E-state index in [2.05, 4.69) is 50.2 Å². The van der Waals surface area contributed by atoms with Crippen molar-refractivity contribution in [3.05, 3.63) is 143 Å². The maximum absolute atomic E-state index is 14.1. The number of benzene rings is 3. The normalized spacial score (nSPS) is 14.4. The summed E-state index contributed by atoms with van der Waals surface area (Å²) in [7, 11) is 0. The molecule has 244 valence electrons. The van der Waals surface area contributed by atoms with Crippen LogP contribution in [-0.2, 0) is 16.1 Å². The molecular formula is C34H24ClI2N3O7S.